The number of hydrogen-bond donors (Lipinski definition) is 0. The summed E-state index contributed by atoms with van der Waals surface area (Å²) in [5.74, 6) is -6.70. The number of hydrogen-bond acceptors (Lipinski definition) is 6. The van der Waals surface area contributed by atoms with Crippen molar-refractivity contribution in [2.45, 2.75) is 52.0 Å². The lowest BCUT2D eigenvalue weighted by Crippen LogP contribution is -2.54. The summed E-state index contributed by atoms with van der Waals surface area (Å²) >= 11 is 6.51. The highest BCUT2D eigenvalue weighted by atomic mass is 35.5. The van der Waals surface area contributed by atoms with Crippen molar-refractivity contribution in [3.8, 4) is 11.8 Å². The molecule has 8 nitrogen and oxygen atoms in total. The van der Waals surface area contributed by atoms with Gasteiger partial charge in [-0.1, -0.05) is 32.0 Å². The molecule has 46 heavy (non-hydrogen) atoms. The van der Waals surface area contributed by atoms with Crippen LogP contribution in [0, 0.1) is 18.3 Å². The molecular weight excluding hydrogens is 631 g/mol. The van der Waals surface area contributed by atoms with Gasteiger partial charge in [-0.05, 0) is 43.5 Å². The van der Waals surface area contributed by atoms with Crippen molar-refractivity contribution in [2.24, 2.45) is 0 Å². The van der Waals surface area contributed by atoms with Crippen LogP contribution in [0.1, 0.15) is 49.2 Å². The minimum Gasteiger partial charge on any atom is -0.366 e. The Kier molecular flexibility index (Phi) is 8.79. The van der Waals surface area contributed by atoms with Crippen molar-refractivity contribution < 1.29 is 26.7 Å². The van der Waals surface area contributed by atoms with E-state index in [0.717, 1.165) is 4.57 Å². The molecule has 0 saturated carbocycles. The van der Waals surface area contributed by atoms with Crippen LogP contribution in [0.15, 0.2) is 53.3 Å². The molecular formula is C32H28ClF5N6O2. The Morgan fingerprint density at radius 2 is 1.85 bits per heavy atom. The molecule has 14 heteroatoms. The Hall–Kier alpha value is -4.57. The topological polar surface area (TPSA) is 95.1 Å². The normalized spacial score (nSPS) is 20.5. The molecule has 1 aliphatic heterocycles. The molecule has 1 fully saturated rings. The molecule has 2 unspecified atom stereocenters. The molecule has 0 aromatic carbocycles. The van der Waals surface area contributed by atoms with Crippen LogP contribution in [0.2, 0.25) is 5.02 Å². The number of alkyl halides is 2. The highest BCUT2D eigenvalue weighted by molar-refractivity contribution is 6.33. The fourth-order valence-electron chi connectivity index (χ4n) is 5.93. The lowest BCUT2D eigenvalue weighted by Gasteiger charge is -2.41. The first-order chi connectivity index (χ1) is 21.7. The summed E-state index contributed by atoms with van der Waals surface area (Å²) in [4.78, 5) is 38.8. The third-order valence-electron chi connectivity index (χ3n) is 8.16. The Morgan fingerprint density at radius 1 is 1.17 bits per heavy atom. The van der Waals surface area contributed by atoms with E-state index in [9.17, 15) is 28.0 Å². The van der Waals surface area contributed by atoms with Gasteiger partial charge < -0.3 is 9.80 Å². The van der Waals surface area contributed by atoms with Crippen LogP contribution < -0.4 is 10.5 Å². The fraction of sp³-hybridized carbons (Fsp3) is 0.344. The van der Waals surface area contributed by atoms with Gasteiger partial charge in [0.25, 0.3) is 5.56 Å². The van der Waals surface area contributed by atoms with Crippen LogP contribution in [-0.2, 0) is 4.79 Å². The number of anilines is 1. The molecule has 0 bridgehead atoms. The highest BCUT2D eigenvalue weighted by Gasteiger charge is 2.42. The first-order valence-electron chi connectivity index (χ1n) is 14.3. The number of amides is 1. The summed E-state index contributed by atoms with van der Waals surface area (Å²) in [7, 11) is 0. The van der Waals surface area contributed by atoms with Crippen LogP contribution in [0.3, 0.4) is 0 Å². The number of nitrogens with zero attached hydrogens (tertiary/aromatic N) is 6. The molecule has 1 saturated heterocycles. The maximum Gasteiger partial charge on any atom is 0.276 e. The van der Waals surface area contributed by atoms with Gasteiger partial charge in [0.05, 0.1) is 33.4 Å². The van der Waals surface area contributed by atoms with Gasteiger partial charge in [0.1, 0.15) is 17.3 Å². The first-order valence-corrected chi connectivity index (χ1v) is 14.7. The molecule has 0 spiro atoms. The number of fused-ring (bicyclic) bond motifs is 1. The Labute approximate surface area is 265 Å². The van der Waals surface area contributed by atoms with E-state index in [0.29, 0.717) is 11.3 Å². The second kappa shape index (κ2) is 12.3. The highest BCUT2D eigenvalue weighted by Crippen LogP contribution is 2.44. The third-order valence-corrected chi connectivity index (χ3v) is 8.45. The number of aryl methyl sites for hydroxylation is 1. The van der Waals surface area contributed by atoms with Gasteiger partial charge in [-0.2, -0.15) is 5.26 Å². The van der Waals surface area contributed by atoms with E-state index >= 15 is 8.78 Å². The number of halogens is 6. The van der Waals surface area contributed by atoms with Gasteiger partial charge in [0.15, 0.2) is 29.8 Å². The van der Waals surface area contributed by atoms with Crippen LogP contribution in [0.5, 0.6) is 0 Å². The largest absolute Gasteiger partial charge is 0.366 e. The molecule has 3 atom stereocenters. The predicted octanol–water partition coefficient (Wildman–Crippen LogP) is 6.48. The second-order valence-corrected chi connectivity index (χ2v) is 11.8. The van der Waals surface area contributed by atoms with Gasteiger partial charge in [-0.3, -0.25) is 19.1 Å². The molecule has 3 aromatic rings. The molecule has 3 aromatic heterocycles. The second-order valence-electron chi connectivity index (χ2n) is 11.4. The number of allylic oxidation sites excluding steroid dienone is 4. The Balaban J connectivity index is 1.91. The quantitative estimate of drug-likeness (QED) is 0.230. The van der Waals surface area contributed by atoms with Gasteiger partial charge in [-0.15, -0.1) is 0 Å². The summed E-state index contributed by atoms with van der Waals surface area (Å²) in [6.45, 7) is 11.2. The van der Waals surface area contributed by atoms with E-state index in [1.165, 1.54) is 18.3 Å². The van der Waals surface area contributed by atoms with Crippen LogP contribution >= 0.6 is 11.6 Å². The van der Waals surface area contributed by atoms with E-state index in [1.54, 1.807) is 29.7 Å². The van der Waals surface area contributed by atoms with Gasteiger partial charge in [-0.25, -0.2) is 26.9 Å². The van der Waals surface area contributed by atoms with Crippen molar-refractivity contribution in [3.63, 3.8) is 0 Å². The molecule has 4 heterocycles. The van der Waals surface area contributed by atoms with Gasteiger partial charge in [0.2, 0.25) is 5.91 Å². The summed E-state index contributed by atoms with van der Waals surface area (Å²) < 4.78 is 74.2. The zero-order valence-electron chi connectivity index (χ0n) is 25.2. The molecule has 240 valence electrons. The van der Waals surface area contributed by atoms with E-state index < -0.39 is 57.7 Å². The van der Waals surface area contributed by atoms with Crippen molar-refractivity contribution >= 4 is 39.8 Å². The summed E-state index contributed by atoms with van der Waals surface area (Å²) in [6.07, 6.45) is -3.65. The number of nitriles is 1. The smallest absolute Gasteiger partial charge is 0.276 e. The number of carbonyl (C=O) groups excluding carboxylic acids is 1. The van der Waals surface area contributed by atoms with Crippen LogP contribution in [0.25, 0.3) is 22.3 Å². The van der Waals surface area contributed by atoms with E-state index in [4.69, 9.17) is 11.6 Å². The SMILES string of the molecule is C=CC(=O)N1CCN(c2c(C#N)c(=O)n(-c3c(C)ccnc3C(C)C)c3nc(C4=C(F)C(F)C(F)C(F)=C4F)c(Cl)cc23)C[C@H]1C. The molecule has 2 aliphatic rings. The van der Waals surface area contributed by atoms with E-state index in [2.05, 4.69) is 16.5 Å². The number of aromatic nitrogens is 3. The molecule has 1 amide bonds. The minimum atomic E-state index is -3.20. The standard InChI is InChI=1S/C32H28ClF5N6O2/c1-6-20(45)43-10-9-42(13-16(43)5)30-17-11-19(33)28(21-22(34)24(36)26(38)25(37)23(21)35)41-31(17)44(32(46)18(30)12-39)29-15(4)7-8-40-27(29)14(2)3/h6-8,11,14,16,24,26H,1,9-10,13H2,2-5H3/t16-,24?,26?/m1/s1. The van der Waals surface area contributed by atoms with Gasteiger partial charge >= 0.3 is 0 Å². The minimum absolute atomic E-state index is 0.0948. The number of carbonyl (C=O) groups is 1. The Bertz CT molecular complexity index is 1970. The lowest BCUT2D eigenvalue weighted by molar-refractivity contribution is -0.128. The zero-order valence-corrected chi connectivity index (χ0v) is 26.0. The third kappa shape index (κ3) is 5.14. The van der Waals surface area contributed by atoms with Crippen molar-refractivity contribution in [2.75, 3.05) is 24.5 Å². The van der Waals surface area contributed by atoms with E-state index in [-0.39, 0.29) is 59.4 Å². The number of pyridine rings is 3. The van der Waals surface area contributed by atoms with Crippen molar-refractivity contribution in [1.29, 1.82) is 5.26 Å². The molecule has 5 rings (SSSR count). The zero-order chi connectivity index (χ0) is 33.8. The summed E-state index contributed by atoms with van der Waals surface area (Å²) in [5, 5.41) is 9.98. The lowest BCUT2D eigenvalue weighted by atomic mass is 9.97. The van der Waals surface area contributed by atoms with E-state index in [1.807, 2.05) is 19.9 Å². The maximum atomic E-state index is 15.1. The average molecular weight is 659 g/mol. The number of piperazine rings is 1. The number of rotatable bonds is 5. The Morgan fingerprint density at radius 3 is 2.46 bits per heavy atom. The first kappa shape index (κ1) is 32.8. The fourth-order valence-corrected chi connectivity index (χ4v) is 6.17. The van der Waals surface area contributed by atoms with Crippen LogP contribution in [-0.4, -0.2) is 63.4 Å². The summed E-state index contributed by atoms with van der Waals surface area (Å²) in [6, 6.07) is 4.40. The molecule has 0 radical (unpaired) electrons. The van der Waals surface area contributed by atoms with Gasteiger partial charge in [0, 0.05) is 37.3 Å². The molecule has 1 aliphatic carbocycles. The van der Waals surface area contributed by atoms with Crippen molar-refractivity contribution in [1.82, 2.24) is 19.4 Å². The maximum absolute atomic E-state index is 15.1. The summed E-state index contributed by atoms with van der Waals surface area (Å²) in [5.41, 5.74) is -2.23. The average Bonchev–Trinajstić information content (AvgIpc) is 3.02. The molecule has 0 N–H and O–H groups in total. The van der Waals surface area contributed by atoms with Crippen molar-refractivity contribution in [3.05, 3.63) is 86.4 Å². The predicted molar refractivity (Wildman–Crippen MR) is 164 cm³/mol. The monoisotopic (exact) mass is 658 g/mol. The van der Waals surface area contributed by atoms with Crippen LogP contribution in [0.4, 0.5) is 27.6 Å².